The Morgan fingerprint density at radius 1 is 1.16 bits per heavy atom. The Morgan fingerprint density at radius 2 is 1.97 bits per heavy atom. The van der Waals surface area contributed by atoms with Crippen LogP contribution in [0.5, 0.6) is 0 Å². The van der Waals surface area contributed by atoms with Crippen LogP contribution in [0.4, 0.5) is 14.7 Å². The lowest BCUT2D eigenvalue weighted by Gasteiger charge is -2.36. The highest BCUT2D eigenvalue weighted by Gasteiger charge is 2.47. The molecule has 4 aromatic heterocycles. The zero-order valence-corrected chi connectivity index (χ0v) is 17.4. The van der Waals surface area contributed by atoms with Gasteiger partial charge < -0.3 is 9.88 Å². The lowest BCUT2D eigenvalue weighted by Crippen LogP contribution is -2.37. The molecule has 2 fully saturated rings. The van der Waals surface area contributed by atoms with Gasteiger partial charge >= 0.3 is 0 Å². The Kier molecular flexibility index (Phi) is 3.88. The molecule has 0 saturated heterocycles. The normalized spacial score (nSPS) is 19.6. The lowest BCUT2D eigenvalue weighted by atomic mass is 9.87. The van der Waals surface area contributed by atoms with Crippen molar-refractivity contribution < 1.29 is 8.78 Å². The van der Waals surface area contributed by atoms with E-state index in [1.165, 1.54) is 12.8 Å². The van der Waals surface area contributed by atoms with Crippen molar-refractivity contribution in [1.82, 2.24) is 29.1 Å². The number of hydrogen-bond acceptors (Lipinski definition) is 5. The highest BCUT2D eigenvalue weighted by molar-refractivity contribution is 5.85. The Hall–Kier alpha value is -3.10. The van der Waals surface area contributed by atoms with Gasteiger partial charge in [0.1, 0.15) is 5.82 Å². The lowest BCUT2D eigenvalue weighted by molar-refractivity contribution is -0.103. The molecule has 0 unspecified atom stereocenters. The van der Waals surface area contributed by atoms with Crippen LogP contribution >= 0.6 is 0 Å². The fourth-order valence-corrected chi connectivity index (χ4v) is 4.64. The van der Waals surface area contributed by atoms with Crippen LogP contribution in [0.25, 0.3) is 27.8 Å². The third kappa shape index (κ3) is 3.14. The van der Waals surface area contributed by atoms with Gasteiger partial charge in [-0.25, -0.2) is 28.2 Å². The number of halogens is 2. The van der Waals surface area contributed by atoms with Crippen LogP contribution in [0.1, 0.15) is 44.5 Å². The van der Waals surface area contributed by atoms with Gasteiger partial charge in [0.05, 0.1) is 17.2 Å². The summed E-state index contributed by atoms with van der Waals surface area (Å²) < 4.78 is 30.7. The van der Waals surface area contributed by atoms with Crippen molar-refractivity contribution in [2.24, 2.45) is 5.92 Å². The second kappa shape index (κ2) is 6.45. The van der Waals surface area contributed by atoms with Gasteiger partial charge in [0.15, 0.2) is 5.65 Å². The van der Waals surface area contributed by atoms with Crippen molar-refractivity contribution in [2.45, 2.75) is 57.5 Å². The molecule has 31 heavy (non-hydrogen) atoms. The van der Waals surface area contributed by atoms with E-state index >= 15 is 0 Å². The van der Waals surface area contributed by atoms with Gasteiger partial charge in [0.2, 0.25) is 5.95 Å². The Labute approximate surface area is 177 Å². The molecule has 1 N–H and O–H groups in total. The maximum atomic E-state index is 13.5. The first-order chi connectivity index (χ1) is 14.9. The minimum absolute atomic E-state index is 0.151. The van der Waals surface area contributed by atoms with Crippen LogP contribution < -0.4 is 5.32 Å². The maximum Gasteiger partial charge on any atom is 0.252 e. The summed E-state index contributed by atoms with van der Waals surface area (Å²) in [6.07, 6.45) is 7.69. The number of fused-ring (bicyclic) bond motifs is 2. The topological polar surface area (TPSA) is 72.9 Å². The van der Waals surface area contributed by atoms with E-state index in [0.717, 1.165) is 22.2 Å². The van der Waals surface area contributed by atoms with Crippen LogP contribution in [0.3, 0.4) is 0 Å². The zero-order valence-electron chi connectivity index (χ0n) is 17.4. The molecular formula is C22H23F2N7. The molecule has 0 amide bonds. The highest BCUT2D eigenvalue weighted by Crippen LogP contribution is 2.47. The molecule has 0 spiro atoms. The smallest absolute Gasteiger partial charge is 0.252 e. The Bertz CT molecular complexity index is 1300. The minimum atomic E-state index is -2.59. The van der Waals surface area contributed by atoms with E-state index in [9.17, 15) is 8.78 Å². The van der Waals surface area contributed by atoms with Crippen molar-refractivity contribution in [3.05, 3.63) is 36.5 Å². The van der Waals surface area contributed by atoms with E-state index in [1.54, 1.807) is 6.20 Å². The number of alkyl halides is 2. The van der Waals surface area contributed by atoms with Gasteiger partial charge in [0.25, 0.3) is 5.92 Å². The SMILES string of the molecule is Cc1nc2ncc(-c3ccn4nc(N[C@H](C)C5CC5)ncc34)cc2n1C1CC(F)(F)C1. The molecule has 0 aromatic carbocycles. The van der Waals surface area contributed by atoms with Crippen molar-refractivity contribution in [1.29, 1.82) is 0 Å². The number of anilines is 1. The number of imidazole rings is 1. The fraction of sp³-hybridized carbons (Fsp3) is 0.455. The van der Waals surface area contributed by atoms with Crippen LogP contribution in [0.15, 0.2) is 30.7 Å². The summed E-state index contributed by atoms with van der Waals surface area (Å²) in [4.78, 5) is 13.5. The van der Waals surface area contributed by atoms with Crippen molar-refractivity contribution in [2.75, 3.05) is 5.32 Å². The summed E-state index contributed by atoms with van der Waals surface area (Å²) >= 11 is 0. The second-order valence-electron chi connectivity index (χ2n) is 8.93. The first-order valence-corrected chi connectivity index (χ1v) is 10.7. The molecule has 1 atom stereocenters. The van der Waals surface area contributed by atoms with E-state index < -0.39 is 5.92 Å². The van der Waals surface area contributed by atoms with Crippen LogP contribution in [-0.2, 0) is 0 Å². The first-order valence-electron chi connectivity index (χ1n) is 10.7. The van der Waals surface area contributed by atoms with Gasteiger partial charge in [0, 0.05) is 48.4 Å². The summed E-state index contributed by atoms with van der Waals surface area (Å²) in [6, 6.07) is 4.08. The number of hydrogen-bond donors (Lipinski definition) is 1. The number of nitrogens with one attached hydrogen (secondary N) is 1. The highest BCUT2D eigenvalue weighted by atomic mass is 19.3. The van der Waals surface area contributed by atoms with Crippen LogP contribution in [0.2, 0.25) is 0 Å². The molecular weight excluding hydrogens is 400 g/mol. The molecule has 2 saturated carbocycles. The van der Waals surface area contributed by atoms with Crippen molar-refractivity contribution in [3.8, 4) is 11.1 Å². The molecule has 9 heteroatoms. The van der Waals surface area contributed by atoms with E-state index in [4.69, 9.17) is 0 Å². The third-order valence-corrected chi connectivity index (χ3v) is 6.57. The molecule has 7 nitrogen and oxygen atoms in total. The molecule has 2 aliphatic rings. The van der Waals surface area contributed by atoms with Gasteiger partial charge in [-0.1, -0.05) is 0 Å². The summed E-state index contributed by atoms with van der Waals surface area (Å²) in [5.41, 5.74) is 4.06. The molecule has 6 rings (SSSR count). The van der Waals surface area contributed by atoms with Gasteiger partial charge in [-0.05, 0) is 44.7 Å². The monoisotopic (exact) mass is 423 g/mol. The summed E-state index contributed by atoms with van der Waals surface area (Å²) in [7, 11) is 0. The van der Waals surface area contributed by atoms with Crippen molar-refractivity contribution >= 4 is 22.6 Å². The Morgan fingerprint density at radius 3 is 2.71 bits per heavy atom. The van der Waals surface area contributed by atoms with Gasteiger partial charge in [-0.3, -0.25) is 0 Å². The fourth-order valence-electron chi connectivity index (χ4n) is 4.64. The number of aromatic nitrogens is 6. The molecule has 160 valence electrons. The predicted molar refractivity (Wildman–Crippen MR) is 113 cm³/mol. The summed E-state index contributed by atoms with van der Waals surface area (Å²) in [6.45, 7) is 4.01. The number of rotatable bonds is 5. The molecule has 0 aliphatic heterocycles. The molecule has 2 aliphatic carbocycles. The number of aryl methyl sites for hydroxylation is 1. The van der Waals surface area contributed by atoms with Gasteiger partial charge in [-0.2, -0.15) is 0 Å². The standard InChI is InChI=1S/C22H23F2N7/c1-12(14-3-4-14)27-21-26-11-19-17(5-6-30(19)29-21)15-7-18-20(25-10-15)28-13(2)31(18)16-8-22(23,24)9-16/h5-7,10-12,14,16H,3-4,8-9H2,1-2H3,(H,27,29)/t12-/m1/s1. The quantitative estimate of drug-likeness (QED) is 0.507. The average molecular weight is 423 g/mol. The maximum absolute atomic E-state index is 13.5. The average Bonchev–Trinajstić information content (AvgIpc) is 3.40. The third-order valence-electron chi connectivity index (χ3n) is 6.57. The Balaban J connectivity index is 1.36. The summed E-state index contributed by atoms with van der Waals surface area (Å²) in [5, 5.41) is 7.98. The summed E-state index contributed by atoms with van der Waals surface area (Å²) in [5.74, 6) is -0.550. The number of nitrogens with zero attached hydrogens (tertiary/aromatic N) is 6. The molecule has 4 heterocycles. The zero-order chi connectivity index (χ0) is 21.3. The molecule has 0 bridgehead atoms. The predicted octanol–water partition coefficient (Wildman–Crippen LogP) is 4.63. The largest absolute Gasteiger partial charge is 0.350 e. The van der Waals surface area contributed by atoms with Crippen LogP contribution in [0, 0.1) is 12.8 Å². The number of pyridine rings is 1. The second-order valence-corrected chi connectivity index (χ2v) is 8.93. The van der Waals surface area contributed by atoms with E-state index in [2.05, 4.69) is 32.3 Å². The minimum Gasteiger partial charge on any atom is -0.350 e. The van der Waals surface area contributed by atoms with E-state index in [1.807, 2.05) is 40.5 Å². The van der Waals surface area contributed by atoms with Crippen LogP contribution in [-0.4, -0.2) is 41.1 Å². The van der Waals surface area contributed by atoms with E-state index in [0.29, 0.717) is 29.4 Å². The first kappa shape index (κ1) is 18.7. The van der Waals surface area contributed by atoms with E-state index in [-0.39, 0.29) is 18.9 Å². The van der Waals surface area contributed by atoms with Crippen molar-refractivity contribution in [3.63, 3.8) is 0 Å². The molecule has 0 radical (unpaired) electrons. The molecule has 4 aromatic rings. The van der Waals surface area contributed by atoms with Gasteiger partial charge in [-0.15, -0.1) is 5.10 Å².